The molecule has 0 amide bonds. The number of nitrogens with zero attached hydrogens (tertiary/aromatic N) is 1. The highest BCUT2D eigenvalue weighted by molar-refractivity contribution is 5.70. The number of methoxy groups -OCH3 is 1. The first-order valence-electron chi connectivity index (χ1n) is 6.80. The lowest BCUT2D eigenvalue weighted by Gasteiger charge is -2.36. The molecule has 1 aliphatic heterocycles. The van der Waals surface area contributed by atoms with E-state index in [4.69, 9.17) is 9.84 Å². The number of rotatable bonds is 4. The summed E-state index contributed by atoms with van der Waals surface area (Å²) in [6.07, 6.45) is 1.27. The Bertz CT molecular complexity index is 492. The van der Waals surface area contributed by atoms with Gasteiger partial charge in [-0.25, -0.2) is 4.39 Å². The second kappa shape index (κ2) is 6.22. The topological polar surface area (TPSA) is 49.8 Å². The van der Waals surface area contributed by atoms with Gasteiger partial charge in [-0.05, 0) is 44.5 Å². The summed E-state index contributed by atoms with van der Waals surface area (Å²) in [6.45, 7) is 3.30. The molecular formula is C15H20FNO3. The van der Waals surface area contributed by atoms with Crippen LogP contribution in [0, 0.1) is 11.7 Å². The van der Waals surface area contributed by atoms with E-state index in [2.05, 4.69) is 4.90 Å². The van der Waals surface area contributed by atoms with Gasteiger partial charge in [0.15, 0.2) is 0 Å². The van der Waals surface area contributed by atoms with E-state index in [0.717, 1.165) is 5.56 Å². The number of likely N-dealkylation sites (tertiary alicyclic amines) is 1. The third kappa shape index (κ3) is 3.28. The lowest BCUT2D eigenvalue weighted by molar-refractivity contribution is -0.144. The number of carboxylic acid groups (broad SMARTS) is 1. The van der Waals surface area contributed by atoms with Crippen molar-refractivity contribution >= 4 is 5.97 Å². The van der Waals surface area contributed by atoms with Gasteiger partial charge in [-0.1, -0.05) is 0 Å². The van der Waals surface area contributed by atoms with E-state index < -0.39 is 5.97 Å². The van der Waals surface area contributed by atoms with Crippen molar-refractivity contribution in [2.24, 2.45) is 5.92 Å². The molecule has 0 saturated carbocycles. The monoisotopic (exact) mass is 281 g/mol. The Labute approximate surface area is 118 Å². The fourth-order valence-electron chi connectivity index (χ4n) is 2.77. The van der Waals surface area contributed by atoms with E-state index in [1.807, 2.05) is 6.92 Å². The van der Waals surface area contributed by atoms with Crippen molar-refractivity contribution in [3.63, 3.8) is 0 Å². The number of hydrogen-bond acceptors (Lipinski definition) is 3. The zero-order chi connectivity index (χ0) is 14.7. The molecule has 2 atom stereocenters. The van der Waals surface area contributed by atoms with Gasteiger partial charge < -0.3 is 9.84 Å². The average Bonchev–Trinajstić information content (AvgIpc) is 2.41. The number of ether oxygens (including phenoxy) is 1. The van der Waals surface area contributed by atoms with Crippen LogP contribution in [0.4, 0.5) is 4.39 Å². The summed E-state index contributed by atoms with van der Waals surface area (Å²) in [5.41, 5.74) is 0.799. The number of benzene rings is 1. The van der Waals surface area contributed by atoms with Crippen LogP contribution in [-0.2, 0) is 11.3 Å². The third-order valence-electron chi connectivity index (χ3n) is 3.98. The molecule has 1 saturated heterocycles. The highest BCUT2D eigenvalue weighted by Crippen LogP contribution is 2.27. The van der Waals surface area contributed by atoms with Crippen molar-refractivity contribution < 1.29 is 19.0 Å². The molecule has 0 aromatic heterocycles. The number of hydrogen-bond donors (Lipinski definition) is 1. The van der Waals surface area contributed by atoms with Crippen LogP contribution >= 0.6 is 0 Å². The molecule has 2 unspecified atom stereocenters. The maximum absolute atomic E-state index is 13.4. The van der Waals surface area contributed by atoms with Crippen molar-refractivity contribution in [2.75, 3.05) is 13.7 Å². The van der Waals surface area contributed by atoms with Gasteiger partial charge in [-0.15, -0.1) is 0 Å². The quantitative estimate of drug-likeness (QED) is 0.921. The van der Waals surface area contributed by atoms with Gasteiger partial charge in [0.05, 0.1) is 13.0 Å². The van der Waals surface area contributed by atoms with Crippen LogP contribution < -0.4 is 4.74 Å². The summed E-state index contributed by atoms with van der Waals surface area (Å²) in [5, 5.41) is 9.06. The minimum Gasteiger partial charge on any atom is -0.496 e. The predicted octanol–water partition coefficient (Wildman–Crippen LogP) is 2.52. The second-order valence-corrected chi connectivity index (χ2v) is 5.34. The van der Waals surface area contributed by atoms with Gasteiger partial charge in [-0.2, -0.15) is 0 Å². The van der Waals surface area contributed by atoms with Crippen molar-refractivity contribution in [1.29, 1.82) is 0 Å². The summed E-state index contributed by atoms with van der Waals surface area (Å²) < 4.78 is 18.6. The molecule has 1 fully saturated rings. The Morgan fingerprint density at radius 2 is 2.30 bits per heavy atom. The van der Waals surface area contributed by atoms with Crippen molar-refractivity contribution in [3.8, 4) is 5.75 Å². The average molecular weight is 281 g/mol. The third-order valence-corrected chi connectivity index (χ3v) is 3.98. The summed E-state index contributed by atoms with van der Waals surface area (Å²) in [5.74, 6) is -0.608. The molecule has 1 N–H and O–H groups in total. The van der Waals surface area contributed by atoms with Crippen LogP contribution in [0.5, 0.6) is 5.75 Å². The Kier molecular flexibility index (Phi) is 4.60. The van der Waals surface area contributed by atoms with Gasteiger partial charge in [0.1, 0.15) is 11.6 Å². The summed E-state index contributed by atoms with van der Waals surface area (Å²) >= 11 is 0. The van der Waals surface area contributed by atoms with E-state index in [9.17, 15) is 9.18 Å². The van der Waals surface area contributed by atoms with E-state index >= 15 is 0 Å². The fraction of sp³-hybridized carbons (Fsp3) is 0.533. The molecule has 2 rings (SSSR count). The van der Waals surface area contributed by atoms with Gasteiger partial charge in [0, 0.05) is 18.2 Å². The zero-order valence-corrected chi connectivity index (χ0v) is 11.8. The first kappa shape index (κ1) is 14.8. The predicted molar refractivity (Wildman–Crippen MR) is 73.2 cm³/mol. The Balaban J connectivity index is 2.07. The normalized spacial score (nSPS) is 23.6. The fourth-order valence-corrected chi connectivity index (χ4v) is 2.77. The van der Waals surface area contributed by atoms with Gasteiger partial charge in [0.2, 0.25) is 0 Å². The number of halogens is 1. The lowest BCUT2D eigenvalue weighted by Crippen LogP contribution is -2.42. The molecule has 0 aliphatic carbocycles. The Morgan fingerprint density at radius 1 is 1.55 bits per heavy atom. The minimum absolute atomic E-state index is 0.165. The largest absolute Gasteiger partial charge is 0.496 e. The molecule has 110 valence electrons. The van der Waals surface area contributed by atoms with E-state index in [1.165, 1.54) is 12.1 Å². The maximum Gasteiger partial charge on any atom is 0.306 e. The van der Waals surface area contributed by atoms with Gasteiger partial charge in [0.25, 0.3) is 0 Å². The Hall–Kier alpha value is -1.62. The summed E-state index contributed by atoms with van der Waals surface area (Å²) in [7, 11) is 1.57. The van der Waals surface area contributed by atoms with E-state index in [0.29, 0.717) is 31.7 Å². The molecule has 0 radical (unpaired) electrons. The maximum atomic E-state index is 13.4. The van der Waals surface area contributed by atoms with E-state index in [1.54, 1.807) is 13.2 Å². The van der Waals surface area contributed by atoms with Crippen LogP contribution in [-0.4, -0.2) is 35.7 Å². The number of aliphatic carboxylic acids is 1. The standard InChI is InChI=1S/C15H20FNO3/c1-10-7-11(15(18)19)5-6-17(10)9-12-8-13(16)3-4-14(12)20-2/h3-4,8,10-11H,5-7,9H2,1-2H3,(H,18,19). The first-order chi connectivity index (χ1) is 9.51. The molecule has 1 aromatic carbocycles. The number of piperidine rings is 1. The molecule has 5 heteroatoms. The minimum atomic E-state index is -0.722. The van der Waals surface area contributed by atoms with Gasteiger partial charge >= 0.3 is 5.97 Å². The van der Waals surface area contributed by atoms with Gasteiger partial charge in [-0.3, -0.25) is 9.69 Å². The first-order valence-corrected chi connectivity index (χ1v) is 6.80. The molecule has 1 aliphatic rings. The highest BCUT2D eigenvalue weighted by Gasteiger charge is 2.29. The highest BCUT2D eigenvalue weighted by atomic mass is 19.1. The summed E-state index contributed by atoms with van der Waals surface area (Å²) in [4.78, 5) is 13.2. The molecule has 20 heavy (non-hydrogen) atoms. The van der Waals surface area contributed by atoms with Crippen LogP contribution in [0.15, 0.2) is 18.2 Å². The van der Waals surface area contributed by atoms with Crippen LogP contribution in [0.2, 0.25) is 0 Å². The number of carboxylic acids is 1. The van der Waals surface area contributed by atoms with Crippen LogP contribution in [0.1, 0.15) is 25.3 Å². The Morgan fingerprint density at radius 3 is 2.90 bits per heavy atom. The number of carbonyl (C=O) groups is 1. The second-order valence-electron chi connectivity index (χ2n) is 5.34. The zero-order valence-electron chi connectivity index (χ0n) is 11.8. The molecule has 0 bridgehead atoms. The molecule has 0 spiro atoms. The van der Waals surface area contributed by atoms with E-state index in [-0.39, 0.29) is 17.8 Å². The smallest absolute Gasteiger partial charge is 0.306 e. The molecule has 4 nitrogen and oxygen atoms in total. The van der Waals surface area contributed by atoms with Crippen LogP contribution in [0.3, 0.4) is 0 Å². The van der Waals surface area contributed by atoms with Crippen LogP contribution in [0.25, 0.3) is 0 Å². The molecular weight excluding hydrogens is 261 g/mol. The SMILES string of the molecule is COc1ccc(F)cc1CN1CCC(C(=O)O)CC1C. The van der Waals surface area contributed by atoms with Crippen molar-refractivity contribution in [2.45, 2.75) is 32.4 Å². The lowest BCUT2D eigenvalue weighted by atomic mass is 9.91. The molecule has 1 aromatic rings. The summed E-state index contributed by atoms with van der Waals surface area (Å²) in [6, 6.07) is 4.65. The van der Waals surface area contributed by atoms with Crippen molar-refractivity contribution in [1.82, 2.24) is 4.90 Å². The molecule has 1 heterocycles. The van der Waals surface area contributed by atoms with Crippen molar-refractivity contribution in [3.05, 3.63) is 29.6 Å².